The molecule has 0 unspecified atom stereocenters. The summed E-state index contributed by atoms with van der Waals surface area (Å²) in [5.74, 6) is 4.42. The maximum Gasteiger partial charge on any atom is 0.238 e. The monoisotopic (exact) mass is 773 g/mol. The highest BCUT2D eigenvalue weighted by atomic mass is 15.2. The average Bonchev–Trinajstić information content (AvgIpc) is 3.82. The van der Waals surface area contributed by atoms with Crippen LogP contribution in [0.5, 0.6) is 0 Å². The molecule has 0 amide bonds. The molecule has 4 fully saturated rings. The second-order valence-electron chi connectivity index (χ2n) is 17.9. The quantitative estimate of drug-likeness (QED) is 0.169. The summed E-state index contributed by atoms with van der Waals surface area (Å²) < 4.78 is 4.71. The number of hydrogen-bond donors (Lipinski definition) is 0. The van der Waals surface area contributed by atoms with Crippen LogP contribution >= 0.6 is 0 Å². The minimum Gasteiger partial charge on any atom is -0.309 e. The molecule has 4 aliphatic rings. The zero-order valence-corrected chi connectivity index (χ0v) is 33.4. The Bertz CT molecular complexity index is 3170. The summed E-state index contributed by atoms with van der Waals surface area (Å²) in [6.45, 7) is 0. The van der Waals surface area contributed by atoms with Crippen LogP contribution in [0, 0.1) is 17.8 Å². The van der Waals surface area contributed by atoms with E-state index in [1.54, 1.807) is 0 Å². The Balaban J connectivity index is 1.08. The number of rotatable bonds is 6. The fourth-order valence-electron chi connectivity index (χ4n) is 12.3. The second-order valence-corrected chi connectivity index (χ2v) is 17.9. The zero-order valence-electron chi connectivity index (χ0n) is 33.4. The van der Waals surface area contributed by atoms with E-state index in [-0.39, 0.29) is 5.41 Å². The molecule has 7 aromatic carbocycles. The van der Waals surface area contributed by atoms with Gasteiger partial charge in [0, 0.05) is 38.2 Å². The number of hydrogen-bond acceptors (Lipinski definition) is 3. The Hall–Kier alpha value is -6.85. The van der Waals surface area contributed by atoms with Gasteiger partial charge in [0.15, 0.2) is 11.6 Å². The molecule has 0 aliphatic heterocycles. The SMILES string of the molecule is c1ccc(-c2nc(-c3ccc(C45CC6CC(CC(C6)C4)C5)c(-c4ccccc4-n4c5ccccc5c5ccccc54)c3)nc(-n3c4ccccc4c4ccccc43)n2)cc1. The van der Waals surface area contributed by atoms with E-state index in [2.05, 4.69) is 173 Å². The standard InChI is InChI=1S/C55H43N5/c1-2-14-38(15-3-1)52-56-53(58-54(57-52)60-50-24-12-6-18-42(50)43-19-7-13-25-51(43)60)39-26-27-46(55-32-35-28-36(33-55)30-37(29-35)34-55)45(31-39)44-20-8-11-23-49(44)59-47-21-9-4-16-40(47)41-17-5-10-22-48(41)59/h1-27,31,35-37H,28-30,32-34H2. The van der Waals surface area contributed by atoms with Crippen molar-refractivity contribution in [1.82, 2.24) is 24.1 Å². The van der Waals surface area contributed by atoms with E-state index in [0.29, 0.717) is 17.6 Å². The number of para-hydroxylation sites is 5. The summed E-state index contributed by atoms with van der Waals surface area (Å²) in [6.07, 6.45) is 8.07. The van der Waals surface area contributed by atoms with Gasteiger partial charge in [-0.25, -0.2) is 4.98 Å². The third-order valence-electron chi connectivity index (χ3n) is 14.3. The predicted octanol–water partition coefficient (Wildman–Crippen LogP) is 13.5. The van der Waals surface area contributed by atoms with E-state index in [1.807, 2.05) is 6.07 Å². The van der Waals surface area contributed by atoms with Crippen LogP contribution in [0.4, 0.5) is 0 Å². The van der Waals surface area contributed by atoms with Crippen molar-refractivity contribution < 1.29 is 0 Å². The van der Waals surface area contributed by atoms with Crippen LogP contribution < -0.4 is 0 Å². The first kappa shape index (κ1) is 34.1. The van der Waals surface area contributed by atoms with Gasteiger partial charge in [-0.3, -0.25) is 4.57 Å². The van der Waals surface area contributed by atoms with Crippen molar-refractivity contribution in [3.05, 3.63) is 175 Å². The molecule has 0 spiro atoms. The first-order valence-corrected chi connectivity index (χ1v) is 21.7. The van der Waals surface area contributed by atoms with Crippen LogP contribution in [0.3, 0.4) is 0 Å². The van der Waals surface area contributed by atoms with Crippen LogP contribution in [0.25, 0.3) is 89.2 Å². The fourth-order valence-corrected chi connectivity index (χ4v) is 12.3. The zero-order chi connectivity index (χ0) is 39.4. The van der Waals surface area contributed by atoms with Gasteiger partial charge in [-0.2, -0.15) is 9.97 Å². The summed E-state index contributed by atoms with van der Waals surface area (Å²) in [5, 5.41) is 4.91. The third-order valence-corrected chi connectivity index (χ3v) is 14.3. The molecule has 4 aliphatic carbocycles. The molecule has 60 heavy (non-hydrogen) atoms. The van der Waals surface area contributed by atoms with E-state index in [1.165, 1.54) is 93.5 Å². The van der Waals surface area contributed by atoms with Gasteiger partial charge in [-0.1, -0.05) is 133 Å². The molecule has 0 N–H and O–H groups in total. The Morgan fingerprint density at radius 3 is 1.43 bits per heavy atom. The Labute approximate surface area is 349 Å². The number of aromatic nitrogens is 5. The van der Waals surface area contributed by atoms with E-state index in [0.717, 1.165) is 39.9 Å². The normalized spacial score (nSPS) is 20.8. The summed E-state index contributed by atoms with van der Waals surface area (Å²) in [4.78, 5) is 16.0. The van der Waals surface area contributed by atoms with Crippen molar-refractivity contribution in [2.45, 2.75) is 43.9 Å². The largest absolute Gasteiger partial charge is 0.309 e. The van der Waals surface area contributed by atoms with E-state index in [4.69, 9.17) is 15.0 Å². The van der Waals surface area contributed by atoms with Gasteiger partial charge in [0.1, 0.15) is 0 Å². The molecule has 4 bridgehead atoms. The van der Waals surface area contributed by atoms with E-state index < -0.39 is 0 Å². The van der Waals surface area contributed by atoms with Gasteiger partial charge < -0.3 is 4.57 Å². The first-order chi connectivity index (χ1) is 29.7. The maximum atomic E-state index is 5.42. The summed E-state index contributed by atoms with van der Waals surface area (Å²) in [5.41, 5.74) is 12.0. The average molecular weight is 774 g/mol. The molecule has 10 aromatic rings. The van der Waals surface area contributed by atoms with Crippen molar-refractivity contribution in [2.75, 3.05) is 0 Å². The minimum absolute atomic E-state index is 0.166. The molecule has 5 heteroatoms. The predicted molar refractivity (Wildman–Crippen MR) is 245 cm³/mol. The van der Waals surface area contributed by atoms with Crippen molar-refractivity contribution in [3.8, 4) is 45.5 Å². The molecular formula is C55H43N5. The van der Waals surface area contributed by atoms with Gasteiger partial charge >= 0.3 is 0 Å². The molecule has 288 valence electrons. The Kier molecular flexibility index (Phi) is 7.42. The lowest BCUT2D eigenvalue weighted by Gasteiger charge is -2.57. The molecule has 3 aromatic heterocycles. The lowest BCUT2D eigenvalue weighted by atomic mass is 9.47. The molecule has 0 atom stereocenters. The highest BCUT2D eigenvalue weighted by Crippen LogP contribution is 2.62. The van der Waals surface area contributed by atoms with Crippen LogP contribution in [0.2, 0.25) is 0 Å². The second kappa shape index (κ2) is 13.1. The van der Waals surface area contributed by atoms with E-state index >= 15 is 0 Å². The molecule has 0 saturated heterocycles. The molecule has 0 radical (unpaired) electrons. The highest BCUT2D eigenvalue weighted by molar-refractivity contribution is 6.10. The van der Waals surface area contributed by atoms with Crippen LogP contribution in [0.15, 0.2) is 170 Å². The van der Waals surface area contributed by atoms with Gasteiger partial charge in [0.25, 0.3) is 0 Å². The van der Waals surface area contributed by atoms with Gasteiger partial charge in [0.2, 0.25) is 5.95 Å². The molecular weight excluding hydrogens is 731 g/mol. The van der Waals surface area contributed by atoms with Gasteiger partial charge in [-0.15, -0.1) is 0 Å². The molecule has 5 nitrogen and oxygen atoms in total. The first-order valence-electron chi connectivity index (χ1n) is 21.7. The maximum absolute atomic E-state index is 5.42. The topological polar surface area (TPSA) is 48.5 Å². The fraction of sp³-hybridized carbons (Fsp3) is 0.182. The number of nitrogens with zero attached hydrogens (tertiary/aromatic N) is 5. The van der Waals surface area contributed by atoms with Gasteiger partial charge in [-0.05, 0) is 109 Å². The minimum atomic E-state index is 0.166. The van der Waals surface area contributed by atoms with Crippen molar-refractivity contribution in [2.24, 2.45) is 17.8 Å². The summed E-state index contributed by atoms with van der Waals surface area (Å²) >= 11 is 0. The lowest BCUT2D eigenvalue weighted by molar-refractivity contribution is -0.00491. The number of benzene rings is 7. The summed E-state index contributed by atoms with van der Waals surface area (Å²) in [6, 6.07) is 61.5. The highest BCUT2D eigenvalue weighted by Gasteiger charge is 2.52. The molecule has 14 rings (SSSR count). The Morgan fingerprint density at radius 2 is 0.867 bits per heavy atom. The molecule has 3 heterocycles. The Morgan fingerprint density at radius 1 is 0.400 bits per heavy atom. The van der Waals surface area contributed by atoms with Crippen LogP contribution in [0.1, 0.15) is 44.1 Å². The third kappa shape index (κ3) is 5.14. The smallest absolute Gasteiger partial charge is 0.238 e. The van der Waals surface area contributed by atoms with Crippen molar-refractivity contribution in [3.63, 3.8) is 0 Å². The van der Waals surface area contributed by atoms with Crippen LogP contribution in [-0.2, 0) is 5.41 Å². The van der Waals surface area contributed by atoms with Gasteiger partial charge in [0.05, 0.1) is 27.8 Å². The number of fused-ring (bicyclic) bond motifs is 6. The van der Waals surface area contributed by atoms with Crippen molar-refractivity contribution >= 4 is 43.6 Å². The van der Waals surface area contributed by atoms with E-state index in [9.17, 15) is 0 Å². The molecule has 4 saturated carbocycles. The van der Waals surface area contributed by atoms with Crippen LogP contribution in [-0.4, -0.2) is 24.1 Å². The lowest BCUT2D eigenvalue weighted by Crippen LogP contribution is -2.48. The van der Waals surface area contributed by atoms with Crippen molar-refractivity contribution in [1.29, 1.82) is 0 Å². The summed E-state index contributed by atoms with van der Waals surface area (Å²) in [7, 11) is 0.